The Morgan fingerprint density at radius 2 is 2.05 bits per heavy atom. The molecule has 1 aromatic heterocycles. The highest BCUT2D eigenvalue weighted by molar-refractivity contribution is 5.36. The number of nitrogens with two attached hydrogens (primary N) is 1. The number of hydrogen-bond donors (Lipinski definition) is 1. The second kappa shape index (κ2) is 6.37. The SMILES string of the molecule is CN(Cc1cccnc1)C(CN)c1ccccc1C1CC1. The molecular formula is C18H23N3. The van der Waals surface area contributed by atoms with Crippen molar-refractivity contribution >= 4 is 0 Å². The van der Waals surface area contributed by atoms with E-state index >= 15 is 0 Å². The first kappa shape index (κ1) is 14.2. The van der Waals surface area contributed by atoms with E-state index in [9.17, 15) is 0 Å². The average molecular weight is 281 g/mol. The van der Waals surface area contributed by atoms with Crippen LogP contribution in [0.5, 0.6) is 0 Å². The summed E-state index contributed by atoms with van der Waals surface area (Å²) in [4.78, 5) is 6.53. The Morgan fingerprint density at radius 1 is 1.24 bits per heavy atom. The lowest BCUT2D eigenvalue weighted by Crippen LogP contribution is -2.31. The lowest BCUT2D eigenvalue weighted by atomic mass is 9.96. The predicted molar refractivity (Wildman–Crippen MR) is 85.9 cm³/mol. The van der Waals surface area contributed by atoms with Gasteiger partial charge in [-0.25, -0.2) is 0 Å². The van der Waals surface area contributed by atoms with Crippen molar-refractivity contribution in [2.75, 3.05) is 13.6 Å². The summed E-state index contributed by atoms with van der Waals surface area (Å²) < 4.78 is 0. The van der Waals surface area contributed by atoms with Crippen molar-refractivity contribution in [2.45, 2.75) is 31.3 Å². The first-order valence-corrected chi connectivity index (χ1v) is 7.67. The second-order valence-corrected chi connectivity index (χ2v) is 5.93. The van der Waals surface area contributed by atoms with Crippen LogP contribution in [0.2, 0.25) is 0 Å². The van der Waals surface area contributed by atoms with Gasteiger partial charge in [-0.15, -0.1) is 0 Å². The maximum Gasteiger partial charge on any atom is 0.0473 e. The van der Waals surface area contributed by atoms with E-state index in [1.54, 1.807) is 0 Å². The Kier molecular flexibility index (Phi) is 4.32. The smallest absolute Gasteiger partial charge is 0.0473 e. The summed E-state index contributed by atoms with van der Waals surface area (Å²) in [6.07, 6.45) is 6.38. The molecule has 0 saturated heterocycles. The Labute approximate surface area is 126 Å². The molecule has 0 radical (unpaired) electrons. The van der Waals surface area contributed by atoms with Gasteiger partial charge in [0, 0.05) is 31.5 Å². The van der Waals surface area contributed by atoms with E-state index in [4.69, 9.17) is 5.73 Å². The largest absolute Gasteiger partial charge is 0.329 e. The van der Waals surface area contributed by atoms with Crippen LogP contribution in [0, 0.1) is 0 Å². The van der Waals surface area contributed by atoms with Gasteiger partial charge in [0.2, 0.25) is 0 Å². The number of hydrogen-bond acceptors (Lipinski definition) is 3. The standard InChI is InChI=1S/C18H23N3/c1-21(13-14-5-4-10-20-12-14)18(11-19)17-7-3-2-6-16(17)15-8-9-15/h2-7,10,12,15,18H,8-9,11,13,19H2,1H3. The molecule has 1 atom stereocenters. The summed E-state index contributed by atoms with van der Waals surface area (Å²) in [6.45, 7) is 1.51. The molecule has 110 valence electrons. The molecule has 3 heteroatoms. The highest BCUT2D eigenvalue weighted by atomic mass is 15.1. The second-order valence-electron chi connectivity index (χ2n) is 5.93. The van der Waals surface area contributed by atoms with E-state index in [0.717, 1.165) is 12.5 Å². The van der Waals surface area contributed by atoms with Gasteiger partial charge in [-0.05, 0) is 48.6 Å². The maximum absolute atomic E-state index is 6.09. The van der Waals surface area contributed by atoms with Crippen molar-refractivity contribution in [3.63, 3.8) is 0 Å². The van der Waals surface area contributed by atoms with Crippen LogP contribution in [0.1, 0.15) is 41.5 Å². The minimum atomic E-state index is 0.266. The molecule has 1 unspecified atom stereocenters. The van der Waals surface area contributed by atoms with Gasteiger partial charge in [-0.1, -0.05) is 30.3 Å². The summed E-state index contributed by atoms with van der Waals surface area (Å²) in [7, 11) is 2.15. The Hall–Kier alpha value is -1.71. The molecule has 1 aromatic carbocycles. The number of aromatic nitrogens is 1. The summed E-state index contributed by atoms with van der Waals surface area (Å²) in [5.74, 6) is 0.752. The molecule has 21 heavy (non-hydrogen) atoms. The van der Waals surface area contributed by atoms with E-state index in [1.807, 2.05) is 18.5 Å². The molecule has 0 aliphatic heterocycles. The van der Waals surface area contributed by atoms with Crippen LogP contribution < -0.4 is 5.73 Å². The van der Waals surface area contributed by atoms with Crippen LogP contribution >= 0.6 is 0 Å². The molecule has 1 aliphatic carbocycles. The van der Waals surface area contributed by atoms with Gasteiger partial charge in [-0.3, -0.25) is 9.88 Å². The minimum absolute atomic E-state index is 0.266. The lowest BCUT2D eigenvalue weighted by Gasteiger charge is -2.29. The fraction of sp³-hybridized carbons (Fsp3) is 0.389. The van der Waals surface area contributed by atoms with Crippen LogP contribution in [-0.2, 0) is 6.54 Å². The first-order chi connectivity index (χ1) is 10.3. The molecule has 1 heterocycles. The Morgan fingerprint density at radius 3 is 2.71 bits per heavy atom. The minimum Gasteiger partial charge on any atom is -0.329 e. The van der Waals surface area contributed by atoms with Gasteiger partial charge >= 0.3 is 0 Å². The van der Waals surface area contributed by atoms with Gasteiger partial charge < -0.3 is 5.73 Å². The fourth-order valence-electron chi connectivity index (χ4n) is 3.01. The lowest BCUT2D eigenvalue weighted by molar-refractivity contribution is 0.240. The third-order valence-electron chi connectivity index (χ3n) is 4.28. The van der Waals surface area contributed by atoms with Crippen molar-refractivity contribution in [1.29, 1.82) is 0 Å². The quantitative estimate of drug-likeness (QED) is 0.884. The molecule has 1 aliphatic rings. The van der Waals surface area contributed by atoms with Crippen molar-refractivity contribution < 1.29 is 0 Å². The summed E-state index contributed by atoms with van der Waals surface area (Å²) in [5.41, 5.74) is 10.2. The van der Waals surface area contributed by atoms with Crippen molar-refractivity contribution in [1.82, 2.24) is 9.88 Å². The van der Waals surface area contributed by atoms with Gasteiger partial charge in [0.05, 0.1) is 0 Å². The molecule has 1 fully saturated rings. The Balaban J connectivity index is 1.81. The highest BCUT2D eigenvalue weighted by Gasteiger charge is 2.28. The average Bonchev–Trinajstić information content (AvgIpc) is 3.34. The van der Waals surface area contributed by atoms with E-state index in [-0.39, 0.29) is 6.04 Å². The van der Waals surface area contributed by atoms with E-state index in [1.165, 1.54) is 29.5 Å². The van der Waals surface area contributed by atoms with E-state index in [0.29, 0.717) is 6.54 Å². The van der Waals surface area contributed by atoms with Crippen LogP contribution in [0.25, 0.3) is 0 Å². The topological polar surface area (TPSA) is 42.2 Å². The molecule has 0 amide bonds. The first-order valence-electron chi connectivity index (χ1n) is 7.67. The van der Waals surface area contributed by atoms with Crippen molar-refractivity contribution in [3.05, 3.63) is 65.5 Å². The molecule has 3 nitrogen and oxygen atoms in total. The van der Waals surface area contributed by atoms with Crippen LogP contribution in [-0.4, -0.2) is 23.5 Å². The molecule has 0 bridgehead atoms. The fourth-order valence-corrected chi connectivity index (χ4v) is 3.01. The Bertz CT molecular complexity index is 578. The number of benzene rings is 1. The molecule has 1 saturated carbocycles. The number of likely N-dealkylation sites (N-methyl/N-ethyl adjacent to an activating group) is 1. The van der Waals surface area contributed by atoms with Crippen molar-refractivity contribution in [3.8, 4) is 0 Å². The van der Waals surface area contributed by atoms with Gasteiger partial charge in [0.15, 0.2) is 0 Å². The highest BCUT2D eigenvalue weighted by Crippen LogP contribution is 2.43. The molecule has 0 spiro atoms. The van der Waals surface area contributed by atoms with Gasteiger partial charge in [0.1, 0.15) is 0 Å². The zero-order valence-electron chi connectivity index (χ0n) is 12.6. The molecule has 2 aromatic rings. The van der Waals surface area contributed by atoms with Crippen LogP contribution in [0.15, 0.2) is 48.8 Å². The summed E-state index contributed by atoms with van der Waals surface area (Å²) in [6, 6.07) is 13.1. The van der Waals surface area contributed by atoms with Crippen molar-refractivity contribution in [2.24, 2.45) is 5.73 Å². The normalized spacial score (nSPS) is 16.1. The third kappa shape index (κ3) is 3.31. The predicted octanol–water partition coefficient (Wildman–Crippen LogP) is 3.09. The summed E-state index contributed by atoms with van der Waals surface area (Å²) in [5, 5.41) is 0. The zero-order chi connectivity index (χ0) is 14.7. The van der Waals surface area contributed by atoms with E-state index in [2.05, 4.69) is 47.3 Å². The van der Waals surface area contributed by atoms with Crippen LogP contribution in [0.3, 0.4) is 0 Å². The molecule has 3 rings (SSSR count). The number of rotatable bonds is 6. The van der Waals surface area contributed by atoms with E-state index < -0.39 is 0 Å². The maximum atomic E-state index is 6.09. The van der Waals surface area contributed by atoms with Gasteiger partial charge in [0.25, 0.3) is 0 Å². The zero-order valence-corrected chi connectivity index (χ0v) is 12.6. The van der Waals surface area contributed by atoms with Crippen LogP contribution in [0.4, 0.5) is 0 Å². The van der Waals surface area contributed by atoms with Gasteiger partial charge in [-0.2, -0.15) is 0 Å². The summed E-state index contributed by atoms with van der Waals surface area (Å²) >= 11 is 0. The monoisotopic (exact) mass is 281 g/mol. The number of nitrogens with zero attached hydrogens (tertiary/aromatic N) is 2. The number of pyridine rings is 1. The third-order valence-corrected chi connectivity index (χ3v) is 4.28. The molecule has 2 N–H and O–H groups in total. The molecular weight excluding hydrogens is 258 g/mol.